The van der Waals surface area contributed by atoms with Crippen LogP contribution in [-0.4, -0.2) is 58.5 Å². The van der Waals surface area contributed by atoms with Crippen molar-refractivity contribution in [2.45, 2.75) is 96.4 Å². The minimum Gasteiger partial charge on any atom is -0.408 e. The van der Waals surface area contributed by atoms with Gasteiger partial charge in [-0.05, 0) is 37.5 Å². The van der Waals surface area contributed by atoms with Crippen molar-refractivity contribution in [3.05, 3.63) is 47.3 Å². The molecule has 0 radical (unpaired) electrons. The zero-order chi connectivity index (χ0) is 25.4. The van der Waals surface area contributed by atoms with E-state index in [0.29, 0.717) is 12.2 Å². The van der Waals surface area contributed by atoms with Crippen LogP contribution in [-0.2, 0) is 43.6 Å². The standard InChI is InChI=1S/C25H39O8PSi/c1-8-28-34(26,29-9-2)16-18-19-21(27-15-17-13-11-10-12-14-17)22-23(20(18)31-24(30-19)32-22)33-35(6,7)25(3,4)5/h10-14,16,19-24H,8-9,15H2,1-7H3/b18-16+/t19-,20+,21-,22-,23+,24+/m0/s1. The van der Waals surface area contributed by atoms with E-state index in [1.54, 1.807) is 19.7 Å². The zero-order valence-electron chi connectivity index (χ0n) is 21.8. The van der Waals surface area contributed by atoms with Gasteiger partial charge in [0, 0.05) is 11.4 Å². The van der Waals surface area contributed by atoms with Gasteiger partial charge in [-0.2, -0.15) is 0 Å². The largest absolute Gasteiger partial charge is 0.408 e. The third-order valence-electron chi connectivity index (χ3n) is 7.13. The molecule has 0 aromatic heterocycles. The first-order chi connectivity index (χ1) is 16.5. The molecule has 4 aliphatic rings. The second-order valence-electron chi connectivity index (χ2n) is 10.6. The van der Waals surface area contributed by atoms with Crippen molar-refractivity contribution >= 4 is 15.9 Å². The van der Waals surface area contributed by atoms with Crippen LogP contribution in [0.2, 0.25) is 18.1 Å². The van der Waals surface area contributed by atoms with Crippen molar-refractivity contribution in [3.8, 4) is 0 Å². The topological polar surface area (TPSA) is 81.7 Å². The van der Waals surface area contributed by atoms with Crippen LogP contribution in [0.4, 0.5) is 0 Å². The van der Waals surface area contributed by atoms with Gasteiger partial charge in [0.05, 0.1) is 19.8 Å². The third-order valence-corrected chi connectivity index (χ3v) is 13.5. The summed E-state index contributed by atoms with van der Waals surface area (Å²) >= 11 is 0. The van der Waals surface area contributed by atoms with Crippen molar-refractivity contribution < 1.29 is 37.0 Å². The molecule has 1 aromatic rings. The van der Waals surface area contributed by atoms with Crippen LogP contribution in [0.25, 0.3) is 0 Å². The van der Waals surface area contributed by atoms with Gasteiger partial charge in [-0.3, -0.25) is 4.57 Å². The van der Waals surface area contributed by atoms with Gasteiger partial charge in [0.1, 0.15) is 30.5 Å². The Morgan fingerprint density at radius 2 is 1.57 bits per heavy atom. The Balaban J connectivity index is 1.71. The fourth-order valence-electron chi connectivity index (χ4n) is 4.40. The predicted molar refractivity (Wildman–Crippen MR) is 134 cm³/mol. The highest BCUT2D eigenvalue weighted by molar-refractivity contribution is 7.57. The van der Waals surface area contributed by atoms with Crippen molar-refractivity contribution in [2.24, 2.45) is 0 Å². The molecule has 5 rings (SSSR count). The summed E-state index contributed by atoms with van der Waals surface area (Å²) in [6, 6.07) is 9.95. The van der Waals surface area contributed by atoms with Gasteiger partial charge in [0.15, 0.2) is 8.32 Å². The average molecular weight is 527 g/mol. The molecule has 0 unspecified atom stereocenters. The van der Waals surface area contributed by atoms with Gasteiger partial charge < -0.3 is 32.4 Å². The Morgan fingerprint density at radius 3 is 2.14 bits per heavy atom. The van der Waals surface area contributed by atoms with Gasteiger partial charge in [-0.25, -0.2) is 0 Å². The molecule has 35 heavy (non-hydrogen) atoms. The Kier molecular flexibility index (Phi) is 8.13. The average Bonchev–Trinajstić information content (AvgIpc) is 2.78. The highest BCUT2D eigenvalue weighted by Crippen LogP contribution is 2.55. The first-order valence-corrected chi connectivity index (χ1v) is 16.9. The Bertz CT molecular complexity index is 937. The van der Waals surface area contributed by atoms with Gasteiger partial charge in [0.2, 0.25) is 0 Å². The highest BCUT2D eigenvalue weighted by atomic mass is 31.2. The van der Waals surface area contributed by atoms with Crippen molar-refractivity contribution in [1.82, 2.24) is 0 Å². The number of hydrogen-bond acceptors (Lipinski definition) is 8. The molecule has 0 spiro atoms. The molecule has 8 nitrogen and oxygen atoms in total. The fraction of sp³-hybridized carbons (Fsp3) is 0.680. The maximum Gasteiger partial charge on any atom is 0.354 e. The molecule has 1 aromatic carbocycles. The third kappa shape index (κ3) is 5.69. The smallest absolute Gasteiger partial charge is 0.354 e. The molecular weight excluding hydrogens is 487 g/mol. The van der Waals surface area contributed by atoms with Gasteiger partial charge >= 0.3 is 7.60 Å². The number of hydrogen-bond donors (Lipinski definition) is 0. The van der Waals surface area contributed by atoms with E-state index < -0.39 is 46.8 Å². The molecule has 3 heterocycles. The van der Waals surface area contributed by atoms with Crippen LogP contribution in [0.1, 0.15) is 40.2 Å². The summed E-state index contributed by atoms with van der Waals surface area (Å²) in [5.41, 5.74) is 1.71. The van der Waals surface area contributed by atoms with Crippen LogP contribution < -0.4 is 0 Å². The highest BCUT2D eigenvalue weighted by Gasteiger charge is 2.62. The van der Waals surface area contributed by atoms with Gasteiger partial charge in [-0.1, -0.05) is 51.1 Å². The van der Waals surface area contributed by atoms with E-state index in [9.17, 15) is 4.57 Å². The lowest BCUT2D eigenvalue weighted by molar-refractivity contribution is -0.447. The molecule has 0 N–H and O–H groups in total. The molecule has 3 aliphatic heterocycles. The van der Waals surface area contributed by atoms with E-state index >= 15 is 0 Å². The first-order valence-electron chi connectivity index (χ1n) is 12.4. The first kappa shape index (κ1) is 27.2. The summed E-state index contributed by atoms with van der Waals surface area (Å²) in [5, 5.41) is -0.0195. The van der Waals surface area contributed by atoms with Crippen LogP contribution in [0, 0.1) is 0 Å². The Morgan fingerprint density at radius 1 is 0.971 bits per heavy atom. The summed E-state index contributed by atoms with van der Waals surface area (Å²) in [6.07, 6.45) is -2.28. The number of ether oxygens (including phenoxy) is 4. The molecule has 6 atom stereocenters. The molecule has 3 saturated heterocycles. The molecule has 1 saturated carbocycles. The summed E-state index contributed by atoms with van der Waals surface area (Å²) in [7, 11) is -5.74. The molecule has 196 valence electrons. The summed E-state index contributed by atoms with van der Waals surface area (Å²) in [5.74, 6) is 1.56. The lowest BCUT2D eigenvalue weighted by Gasteiger charge is -2.58. The van der Waals surface area contributed by atoms with Crippen molar-refractivity contribution in [2.75, 3.05) is 13.2 Å². The normalized spacial score (nSPS) is 31.9. The summed E-state index contributed by atoms with van der Waals surface area (Å²) in [6.45, 7) is 14.6. The molecular formula is C25H39O8PSi. The number of rotatable bonds is 10. The maximum atomic E-state index is 13.5. The van der Waals surface area contributed by atoms with E-state index in [1.807, 2.05) is 30.3 Å². The van der Waals surface area contributed by atoms with Gasteiger partial charge in [0.25, 0.3) is 6.48 Å². The monoisotopic (exact) mass is 526 g/mol. The van der Waals surface area contributed by atoms with Crippen LogP contribution in [0.5, 0.6) is 0 Å². The second kappa shape index (κ2) is 10.5. The molecule has 10 heteroatoms. The van der Waals surface area contributed by atoms with E-state index in [0.717, 1.165) is 5.56 Å². The summed E-state index contributed by atoms with van der Waals surface area (Å²) < 4.78 is 56.3. The zero-order valence-corrected chi connectivity index (χ0v) is 23.7. The molecule has 0 amide bonds. The number of benzene rings is 1. The van der Waals surface area contributed by atoms with Crippen molar-refractivity contribution in [1.29, 1.82) is 0 Å². The van der Waals surface area contributed by atoms with Crippen molar-refractivity contribution in [3.63, 3.8) is 0 Å². The minimum atomic E-state index is -3.52. The lowest BCUT2D eigenvalue weighted by Crippen LogP contribution is -2.72. The van der Waals surface area contributed by atoms with Gasteiger partial charge in [-0.15, -0.1) is 0 Å². The van der Waals surface area contributed by atoms with Crippen LogP contribution in [0.15, 0.2) is 41.7 Å². The minimum absolute atomic E-state index is 0.0195. The Hall–Kier alpha value is -0.873. The molecule has 1 aliphatic carbocycles. The lowest BCUT2D eigenvalue weighted by atomic mass is 9.81. The molecule has 4 bridgehead atoms. The Labute approximate surface area is 209 Å². The fourth-order valence-corrected chi connectivity index (χ4v) is 7.29. The van der Waals surface area contributed by atoms with E-state index in [-0.39, 0.29) is 24.4 Å². The second-order valence-corrected chi connectivity index (χ2v) is 17.2. The maximum absolute atomic E-state index is 13.5. The SMILES string of the molecule is CCOP(=O)(/C=C1/[C@H]2O[C@@H]3O[C@@H]([C@@H](OCc4ccccc4)[C@H]1O3)[C@@H]2O[Si](C)(C)C(C)(C)C)OCC. The predicted octanol–water partition coefficient (Wildman–Crippen LogP) is 5.59. The summed E-state index contributed by atoms with van der Waals surface area (Å²) in [4.78, 5) is 0. The van der Waals surface area contributed by atoms with Crippen LogP contribution in [0.3, 0.4) is 0 Å². The van der Waals surface area contributed by atoms with E-state index in [2.05, 4.69) is 33.9 Å². The molecule has 4 fully saturated rings. The van der Waals surface area contributed by atoms with E-state index in [1.165, 1.54) is 0 Å². The van der Waals surface area contributed by atoms with Crippen LogP contribution >= 0.6 is 7.60 Å². The van der Waals surface area contributed by atoms with E-state index in [4.69, 9.17) is 32.4 Å². The quantitative estimate of drug-likeness (QED) is 0.288.